The highest BCUT2D eigenvalue weighted by Crippen LogP contribution is 2.21. The van der Waals surface area contributed by atoms with Crippen molar-refractivity contribution in [2.45, 2.75) is 6.92 Å². The van der Waals surface area contributed by atoms with Crippen molar-refractivity contribution in [1.82, 2.24) is 15.2 Å². The van der Waals surface area contributed by atoms with Gasteiger partial charge in [0, 0.05) is 0 Å². The molecule has 0 N–H and O–H groups in total. The smallest absolute Gasteiger partial charge is 0.369 e. The second-order valence-electron chi connectivity index (χ2n) is 2.98. The largest absolute Gasteiger partial charge is 0.461 e. The van der Waals surface area contributed by atoms with Crippen molar-refractivity contribution in [2.75, 3.05) is 6.61 Å². The van der Waals surface area contributed by atoms with E-state index in [4.69, 9.17) is 4.74 Å². The third-order valence-electron chi connectivity index (χ3n) is 1.81. The standard InChI is InChI=1S/C10H8FN3O2S/c1-2-16-10(15)9-14-13-8(17-9)6-4-3-5-7(11)12-6/h3-5H,2H2,1H3. The number of carbonyl (C=O) groups excluding carboxylic acids is 1. The Bertz CT molecular complexity index is 544. The molecule has 0 saturated carbocycles. The van der Waals surface area contributed by atoms with Crippen LogP contribution in [-0.4, -0.2) is 27.8 Å². The van der Waals surface area contributed by atoms with Gasteiger partial charge in [0.2, 0.25) is 11.0 Å². The highest BCUT2D eigenvalue weighted by molar-refractivity contribution is 7.16. The van der Waals surface area contributed by atoms with E-state index in [1.165, 1.54) is 12.1 Å². The SMILES string of the molecule is CCOC(=O)c1nnc(-c2cccc(F)n2)s1. The van der Waals surface area contributed by atoms with Gasteiger partial charge in [0.15, 0.2) is 5.01 Å². The number of rotatable bonds is 3. The lowest BCUT2D eigenvalue weighted by Crippen LogP contribution is -2.03. The Hall–Kier alpha value is -1.89. The average molecular weight is 253 g/mol. The van der Waals surface area contributed by atoms with Crippen LogP contribution < -0.4 is 0 Å². The van der Waals surface area contributed by atoms with E-state index in [2.05, 4.69) is 15.2 Å². The average Bonchev–Trinajstić information content (AvgIpc) is 2.78. The monoisotopic (exact) mass is 253 g/mol. The maximum Gasteiger partial charge on any atom is 0.369 e. The summed E-state index contributed by atoms with van der Waals surface area (Å²) in [7, 11) is 0. The van der Waals surface area contributed by atoms with Gasteiger partial charge in [-0.05, 0) is 19.1 Å². The van der Waals surface area contributed by atoms with Crippen molar-refractivity contribution in [3.63, 3.8) is 0 Å². The van der Waals surface area contributed by atoms with Crippen molar-refractivity contribution >= 4 is 17.3 Å². The predicted molar refractivity (Wildman–Crippen MR) is 59.1 cm³/mol. The summed E-state index contributed by atoms with van der Waals surface area (Å²) in [6.45, 7) is 1.97. The van der Waals surface area contributed by atoms with Gasteiger partial charge in [0.1, 0.15) is 5.69 Å². The maximum absolute atomic E-state index is 12.9. The summed E-state index contributed by atoms with van der Waals surface area (Å²) >= 11 is 1.02. The lowest BCUT2D eigenvalue weighted by Gasteiger charge is -1.95. The van der Waals surface area contributed by atoms with Crippen LogP contribution in [0.25, 0.3) is 10.7 Å². The fourth-order valence-corrected chi connectivity index (χ4v) is 1.84. The van der Waals surface area contributed by atoms with Crippen LogP contribution in [0, 0.1) is 5.95 Å². The Kier molecular flexibility index (Phi) is 3.38. The van der Waals surface area contributed by atoms with E-state index in [1.807, 2.05) is 0 Å². The van der Waals surface area contributed by atoms with E-state index in [0.29, 0.717) is 10.7 Å². The molecular formula is C10H8FN3O2S. The molecule has 17 heavy (non-hydrogen) atoms. The minimum atomic E-state index is -0.601. The normalized spacial score (nSPS) is 10.2. The van der Waals surface area contributed by atoms with Crippen molar-refractivity contribution in [1.29, 1.82) is 0 Å². The van der Waals surface area contributed by atoms with Crippen LogP contribution in [0.3, 0.4) is 0 Å². The molecule has 88 valence electrons. The zero-order valence-corrected chi connectivity index (χ0v) is 9.70. The molecule has 0 saturated heterocycles. The Morgan fingerprint density at radius 2 is 2.29 bits per heavy atom. The lowest BCUT2D eigenvalue weighted by molar-refractivity contribution is 0.0525. The molecule has 0 aliphatic rings. The van der Waals surface area contributed by atoms with Crippen molar-refractivity contribution in [2.24, 2.45) is 0 Å². The number of hydrogen-bond donors (Lipinski definition) is 0. The molecule has 0 atom stereocenters. The molecule has 2 aromatic rings. The van der Waals surface area contributed by atoms with E-state index >= 15 is 0 Å². The second-order valence-corrected chi connectivity index (χ2v) is 3.96. The van der Waals surface area contributed by atoms with Crippen LogP contribution >= 0.6 is 11.3 Å². The predicted octanol–water partition coefficient (Wildman–Crippen LogP) is 1.92. The van der Waals surface area contributed by atoms with E-state index in [0.717, 1.165) is 11.3 Å². The molecule has 0 spiro atoms. The highest BCUT2D eigenvalue weighted by Gasteiger charge is 2.15. The molecule has 2 rings (SSSR count). The fourth-order valence-electron chi connectivity index (χ4n) is 1.13. The molecule has 0 aromatic carbocycles. The van der Waals surface area contributed by atoms with Crippen LogP contribution in [-0.2, 0) is 4.74 Å². The number of aromatic nitrogens is 3. The minimum Gasteiger partial charge on any atom is -0.461 e. The molecule has 0 aliphatic carbocycles. The number of carbonyl (C=O) groups is 1. The Morgan fingerprint density at radius 3 is 3.00 bits per heavy atom. The fraction of sp³-hybridized carbons (Fsp3) is 0.200. The molecule has 2 heterocycles. The van der Waals surface area contributed by atoms with Gasteiger partial charge >= 0.3 is 5.97 Å². The van der Waals surface area contributed by atoms with Gasteiger partial charge in [-0.2, -0.15) is 4.39 Å². The van der Waals surface area contributed by atoms with Gasteiger partial charge in [-0.3, -0.25) is 0 Å². The first kappa shape index (κ1) is 11.6. The van der Waals surface area contributed by atoms with Crippen LogP contribution in [0.5, 0.6) is 0 Å². The number of hydrogen-bond acceptors (Lipinski definition) is 6. The molecular weight excluding hydrogens is 245 g/mol. The molecule has 2 aromatic heterocycles. The molecule has 0 bridgehead atoms. The summed E-state index contributed by atoms with van der Waals surface area (Å²) in [4.78, 5) is 15.0. The van der Waals surface area contributed by atoms with Gasteiger partial charge in [-0.1, -0.05) is 17.4 Å². The molecule has 0 aliphatic heterocycles. The Labute approximate surface area is 100 Å². The van der Waals surface area contributed by atoms with E-state index in [-0.39, 0.29) is 11.6 Å². The molecule has 0 amide bonds. The third-order valence-corrected chi connectivity index (χ3v) is 2.74. The summed E-state index contributed by atoms with van der Waals surface area (Å²) in [6, 6.07) is 4.35. The van der Waals surface area contributed by atoms with Gasteiger partial charge in [-0.25, -0.2) is 9.78 Å². The van der Waals surface area contributed by atoms with Gasteiger partial charge in [-0.15, -0.1) is 10.2 Å². The van der Waals surface area contributed by atoms with Crippen LogP contribution in [0.4, 0.5) is 4.39 Å². The van der Waals surface area contributed by atoms with Gasteiger partial charge in [0.25, 0.3) is 0 Å². The molecule has 7 heteroatoms. The number of esters is 1. The minimum absolute atomic E-state index is 0.132. The first-order valence-electron chi connectivity index (χ1n) is 4.84. The second kappa shape index (κ2) is 4.96. The number of halogens is 1. The number of nitrogens with zero attached hydrogens (tertiary/aromatic N) is 3. The van der Waals surface area contributed by atoms with E-state index in [1.54, 1.807) is 13.0 Å². The van der Waals surface area contributed by atoms with Gasteiger partial charge in [0.05, 0.1) is 6.61 Å². The van der Waals surface area contributed by atoms with Gasteiger partial charge < -0.3 is 4.74 Å². The van der Waals surface area contributed by atoms with E-state index in [9.17, 15) is 9.18 Å². The van der Waals surface area contributed by atoms with E-state index < -0.39 is 11.9 Å². The van der Waals surface area contributed by atoms with Crippen molar-refractivity contribution in [3.05, 3.63) is 29.2 Å². The van der Waals surface area contributed by atoms with Crippen molar-refractivity contribution < 1.29 is 13.9 Å². The number of pyridine rings is 1. The molecule has 0 radical (unpaired) electrons. The highest BCUT2D eigenvalue weighted by atomic mass is 32.1. The summed E-state index contributed by atoms with van der Waals surface area (Å²) in [5.74, 6) is -1.14. The van der Waals surface area contributed by atoms with Crippen LogP contribution in [0.1, 0.15) is 16.7 Å². The third kappa shape index (κ3) is 2.62. The van der Waals surface area contributed by atoms with Crippen molar-refractivity contribution in [3.8, 4) is 10.7 Å². The lowest BCUT2D eigenvalue weighted by atomic mass is 10.4. The Balaban J connectivity index is 2.27. The summed E-state index contributed by atoms with van der Waals surface area (Å²) in [5, 5.41) is 7.96. The molecule has 0 fully saturated rings. The summed E-state index contributed by atoms with van der Waals surface area (Å²) in [6.07, 6.45) is 0. The zero-order valence-electron chi connectivity index (χ0n) is 8.88. The molecule has 0 unspecified atom stereocenters. The first-order chi connectivity index (χ1) is 8.20. The van der Waals surface area contributed by atoms with Crippen LogP contribution in [0.15, 0.2) is 18.2 Å². The summed E-state index contributed by atoms with van der Waals surface area (Å²) < 4.78 is 17.7. The summed E-state index contributed by atoms with van der Waals surface area (Å²) in [5.41, 5.74) is 0.345. The maximum atomic E-state index is 12.9. The Morgan fingerprint density at radius 1 is 1.47 bits per heavy atom. The topological polar surface area (TPSA) is 65.0 Å². The molecule has 5 nitrogen and oxygen atoms in total. The zero-order chi connectivity index (χ0) is 12.3. The first-order valence-corrected chi connectivity index (χ1v) is 5.66. The quantitative estimate of drug-likeness (QED) is 0.617. The number of ether oxygens (including phenoxy) is 1. The van der Waals surface area contributed by atoms with Crippen LogP contribution in [0.2, 0.25) is 0 Å².